The van der Waals surface area contributed by atoms with E-state index in [9.17, 15) is 4.79 Å². The molecule has 1 rings (SSSR count). The molecule has 0 aromatic carbocycles. The van der Waals surface area contributed by atoms with Gasteiger partial charge in [0.1, 0.15) is 0 Å². The third kappa shape index (κ3) is 1.06. The molecular weight excluding hydrogens is 128 g/mol. The Labute approximate surface area is 60.9 Å². The summed E-state index contributed by atoms with van der Waals surface area (Å²) in [6.07, 6.45) is 0. The minimum atomic E-state index is -0.0898. The van der Waals surface area contributed by atoms with E-state index in [0.29, 0.717) is 6.61 Å². The Morgan fingerprint density at radius 3 is 2.60 bits per heavy atom. The average molecular weight is 140 g/mol. The normalized spacial score (nSPS) is 32.0. The molecule has 1 fully saturated rings. The second kappa shape index (κ2) is 2.45. The largest absolute Gasteiger partial charge is 0.465 e. The van der Waals surface area contributed by atoms with E-state index in [-0.39, 0.29) is 17.8 Å². The number of hydrogen-bond acceptors (Lipinski definition) is 2. The van der Waals surface area contributed by atoms with Gasteiger partial charge in [-0.15, -0.1) is 0 Å². The van der Waals surface area contributed by atoms with Crippen LogP contribution in [0.1, 0.15) is 13.8 Å². The van der Waals surface area contributed by atoms with Crippen molar-refractivity contribution in [3.05, 3.63) is 12.2 Å². The minimum absolute atomic E-state index is 0.0116. The minimum Gasteiger partial charge on any atom is -0.465 e. The van der Waals surface area contributed by atoms with E-state index in [0.717, 1.165) is 5.57 Å². The third-order valence-electron chi connectivity index (χ3n) is 2.01. The zero-order valence-electron chi connectivity index (χ0n) is 6.39. The molecule has 0 aromatic heterocycles. The van der Waals surface area contributed by atoms with Crippen LogP contribution in [0.5, 0.6) is 0 Å². The predicted octanol–water partition coefficient (Wildman–Crippen LogP) is 1.37. The van der Waals surface area contributed by atoms with Crippen LogP contribution in [0.3, 0.4) is 0 Å². The lowest BCUT2D eigenvalue weighted by molar-refractivity contribution is -0.140. The first-order chi connectivity index (χ1) is 4.63. The molecule has 56 valence electrons. The van der Waals surface area contributed by atoms with Crippen LogP contribution in [-0.2, 0) is 9.53 Å². The van der Waals surface area contributed by atoms with Crippen LogP contribution >= 0.6 is 0 Å². The molecule has 2 nitrogen and oxygen atoms in total. The van der Waals surface area contributed by atoms with Crippen LogP contribution in [0.15, 0.2) is 12.2 Å². The highest BCUT2D eigenvalue weighted by atomic mass is 16.5. The van der Waals surface area contributed by atoms with Crippen molar-refractivity contribution >= 4 is 5.97 Å². The molecule has 2 heteroatoms. The Kier molecular flexibility index (Phi) is 1.79. The van der Waals surface area contributed by atoms with Crippen LogP contribution in [0.4, 0.5) is 0 Å². The van der Waals surface area contributed by atoms with E-state index in [4.69, 9.17) is 4.74 Å². The molecule has 1 heterocycles. The lowest BCUT2D eigenvalue weighted by Gasteiger charge is -2.08. The van der Waals surface area contributed by atoms with Gasteiger partial charge in [0, 0.05) is 5.92 Å². The van der Waals surface area contributed by atoms with Gasteiger partial charge in [-0.25, -0.2) is 0 Å². The van der Waals surface area contributed by atoms with Crippen LogP contribution in [0.25, 0.3) is 0 Å². The molecule has 2 atom stereocenters. The molecule has 10 heavy (non-hydrogen) atoms. The Balaban J connectivity index is 2.66. The molecule has 2 unspecified atom stereocenters. The summed E-state index contributed by atoms with van der Waals surface area (Å²) in [5, 5.41) is 0. The lowest BCUT2D eigenvalue weighted by Crippen LogP contribution is -2.12. The van der Waals surface area contributed by atoms with Crippen LogP contribution in [-0.4, -0.2) is 12.6 Å². The maximum Gasteiger partial charge on any atom is 0.309 e. The van der Waals surface area contributed by atoms with E-state index in [2.05, 4.69) is 6.58 Å². The van der Waals surface area contributed by atoms with E-state index in [1.54, 1.807) is 0 Å². The fourth-order valence-electron chi connectivity index (χ4n) is 1.18. The maximum atomic E-state index is 10.8. The molecule has 0 amide bonds. The van der Waals surface area contributed by atoms with Crippen molar-refractivity contribution in [3.63, 3.8) is 0 Å². The van der Waals surface area contributed by atoms with Gasteiger partial charge in [0.05, 0.1) is 12.5 Å². The van der Waals surface area contributed by atoms with Gasteiger partial charge in [-0.2, -0.15) is 0 Å². The van der Waals surface area contributed by atoms with Crippen LogP contribution < -0.4 is 0 Å². The first-order valence-corrected chi connectivity index (χ1v) is 3.45. The van der Waals surface area contributed by atoms with Gasteiger partial charge in [0.15, 0.2) is 0 Å². The molecule has 1 aliphatic heterocycles. The number of rotatable bonds is 1. The molecule has 1 saturated heterocycles. The number of cyclic esters (lactones) is 1. The maximum absolute atomic E-state index is 10.8. The lowest BCUT2D eigenvalue weighted by atomic mass is 9.92. The average Bonchev–Trinajstić information content (AvgIpc) is 2.14. The predicted molar refractivity (Wildman–Crippen MR) is 38.4 cm³/mol. The van der Waals surface area contributed by atoms with Crippen LogP contribution in [0.2, 0.25) is 0 Å². The molecule has 0 aliphatic carbocycles. The standard InChI is InChI=1S/C8H12O2/c1-5(2)7-4-10-8(9)6(7)3/h6-7H,1,4H2,2-3H3. The van der Waals surface area contributed by atoms with Crippen LogP contribution in [0, 0.1) is 11.8 Å². The highest BCUT2D eigenvalue weighted by molar-refractivity contribution is 5.74. The Morgan fingerprint density at radius 1 is 1.80 bits per heavy atom. The Hall–Kier alpha value is -0.790. The summed E-state index contributed by atoms with van der Waals surface area (Å²) in [6, 6.07) is 0. The molecule has 0 N–H and O–H groups in total. The van der Waals surface area contributed by atoms with Crippen molar-refractivity contribution in [2.75, 3.05) is 6.61 Å². The number of esters is 1. The zero-order chi connectivity index (χ0) is 7.72. The molecule has 0 aromatic rings. The van der Waals surface area contributed by atoms with Gasteiger partial charge < -0.3 is 4.74 Å². The highest BCUT2D eigenvalue weighted by Gasteiger charge is 2.32. The van der Waals surface area contributed by atoms with E-state index < -0.39 is 0 Å². The summed E-state index contributed by atoms with van der Waals surface area (Å²) in [5.74, 6) is 0.165. The number of carbonyl (C=O) groups excluding carboxylic acids is 1. The van der Waals surface area contributed by atoms with Crippen molar-refractivity contribution in [1.82, 2.24) is 0 Å². The summed E-state index contributed by atoms with van der Waals surface area (Å²) in [7, 11) is 0. The smallest absolute Gasteiger partial charge is 0.309 e. The van der Waals surface area contributed by atoms with Crippen molar-refractivity contribution < 1.29 is 9.53 Å². The first kappa shape index (κ1) is 7.32. The van der Waals surface area contributed by atoms with Gasteiger partial charge in [-0.3, -0.25) is 4.79 Å². The topological polar surface area (TPSA) is 26.3 Å². The molecule has 1 aliphatic rings. The molecule has 0 radical (unpaired) electrons. The van der Waals surface area contributed by atoms with E-state index in [1.165, 1.54) is 0 Å². The third-order valence-corrected chi connectivity index (χ3v) is 2.01. The highest BCUT2D eigenvalue weighted by Crippen LogP contribution is 2.26. The van der Waals surface area contributed by atoms with Gasteiger partial charge in [0.25, 0.3) is 0 Å². The molecular formula is C8H12O2. The van der Waals surface area contributed by atoms with E-state index >= 15 is 0 Å². The summed E-state index contributed by atoms with van der Waals surface area (Å²) >= 11 is 0. The summed E-state index contributed by atoms with van der Waals surface area (Å²) in [4.78, 5) is 10.8. The van der Waals surface area contributed by atoms with Gasteiger partial charge >= 0.3 is 5.97 Å². The van der Waals surface area contributed by atoms with E-state index in [1.807, 2.05) is 13.8 Å². The van der Waals surface area contributed by atoms with Crippen molar-refractivity contribution in [2.45, 2.75) is 13.8 Å². The summed E-state index contributed by atoms with van der Waals surface area (Å²) in [5.41, 5.74) is 1.04. The quantitative estimate of drug-likeness (QED) is 0.406. The van der Waals surface area contributed by atoms with Gasteiger partial charge in [0.2, 0.25) is 0 Å². The molecule has 0 bridgehead atoms. The fourth-order valence-corrected chi connectivity index (χ4v) is 1.18. The number of ether oxygens (including phenoxy) is 1. The summed E-state index contributed by atoms with van der Waals surface area (Å²) < 4.78 is 4.84. The number of hydrogen-bond donors (Lipinski definition) is 0. The van der Waals surface area contributed by atoms with Crippen molar-refractivity contribution in [3.8, 4) is 0 Å². The van der Waals surface area contributed by atoms with Gasteiger partial charge in [-0.05, 0) is 6.92 Å². The first-order valence-electron chi connectivity index (χ1n) is 3.45. The Bertz CT molecular complexity index is 172. The summed E-state index contributed by atoms with van der Waals surface area (Å²) in [6.45, 7) is 8.13. The second-order valence-corrected chi connectivity index (χ2v) is 2.87. The van der Waals surface area contributed by atoms with Crippen molar-refractivity contribution in [2.24, 2.45) is 11.8 Å². The fraction of sp³-hybridized carbons (Fsp3) is 0.625. The van der Waals surface area contributed by atoms with Gasteiger partial charge in [-0.1, -0.05) is 19.1 Å². The zero-order valence-corrected chi connectivity index (χ0v) is 6.39. The Morgan fingerprint density at radius 2 is 2.40 bits per heavy atom. The SMILES string of the molecule is C=C(C)C1COC(=O)C1C. The van der Waals surface area contributed by atoms with Crippen molar-refractivity contribution in [1.29, 1.82) is 0 Å². The second-order valence-electron chi connectivity index (χ2n) is 2.87. The molecule has 0 spiro atoms. The molecule has 0 saturated carbocycles. The monoisotopic (exact) mass is 140 g/mol. The number of carbonyl (C=O) groups is 1.